The van der Waals surface area contributed by atoms with E-state index in [1.54, 1.807) is 26.8 Å². The van der Waals surface area contributed by atoms with Crippen LogP contribution in [0.5, 0.6) is 0 Å². The summed E-state index contributed by atoms with van der Waals surface area (Å²) in [6.07, 6.45) is 1.38. The van der Waals surface area contributed by atoms with Crippen molar-refractivity contribution >= 4 is 23.1 Å². The summed E-state index contributed by atoms with van der Waals surface area (Å²) in [5, 5.41) is 12.7. The van der Waals surface area contributed by atoms with Crippen LogP contribution < -0.4 is 11.1 Å². The third-order valence-electron chi connectivity index (χ3n) is 6.84. The standard InChI is InChI=1S/C29H34N4O5/c1-17-6-7-18(2)33(28(36)38-29(3,4)5)25(17)26(34)31-22(16-30)14-19-8-10-20(11-9-19)21-12-13-24-23(15-21)32-27(35)37-24/h8-13,15,17-18,22,25H,6-7,14H2,1-5H3,(H,31,34)(H,32,35)/t17-,18+,22+,25?/m1/s1. The van der Waals surface area contributed by atoms with Crippen molar-refractivity contribution in [1.29, 1.82) is 5.26 Å². The molecule has 2 aromatic carbocycles. The van der Waals surface area contributed by atoms with Crippen molar-refractivity contribution in [3.05, 3.63) is 58.6 Å². The van der Waals surface area contributed by atoms with Gasteiger partial charge in [0.05, 0.1) is 11.6 Å². The summed E-state index contributed by atoms with van der Waals surface area (Å²) in [7, 11) is 0. The third-order valence-corrected chi connectivity index (χ3v) is 6.84. The molecule has 1 fully saturated rings. The van der Waals surface area contributed by atoms with Crippen LogP contribution in [-0.4, -0.2) is 45.6 Å². The molecule has 2 heterocycles. The quantitative estimate of drug-likeness (QED) is 0.501. The number of fused-ring (bicyclic) bond motifs is 1. The number of piperidine rings is 1. The van der Waals surface area contributed by atoms with Crippen LogP contribution in [-0.2, 0) is 16.0 Å². The molecule has 0 spiro atoms. The van der Waals surface area contributed by atoms with E-state index in [0.29, 0.717) is 17.5 Å². The molecule has 0 saturated carbocycles. The number of ether oxygens (including phenoxy) is 1. The Labute approximate surface area is 221 Å². The Morgan fingerprint density at radius 2 is 1.84 bits per heavy atom. The van der Waals surface area contributed by atoms with Crippen LogP contribution in [0.15, 0.2) is 51.7 Å². The number of aromatic amines is 1. The maximum Gasteiger partial charge on any atom is 0.417 e. The lowest BCUT2D eigenvalue weighted by Gasteiger charge is -2.43. The number of hydrogen-bond donors (Lipinski definition) is 2. The number of oxazole rings is 1. The van der Waals surface area contributed by atoms with Gasteiger partial charge in [0.1, 0.15) is 17.7 Å². The summed E-state index contributed by atoms with van der Waals surface area (Å²) >= 11 is 0. The number of amides is 2. The second-order valence-corrected chi connectivity index (χ2v) is 11.1. The molecule has 1 aliphatic heterocycles. The van der Waals surface area contributed by atoms with Crippen LogP contribution in [0.1, 0.15) is 53.0 Å². The van der Waals surface area contributed by atoms with Gasteiger partial charge in [0.2, 0.25) is 5.91 Å². The second-order valence-electron chi connectivity index (χ2n) is 11.1. The zero-order chi connectivity index (χ0) is 27.6. The van der Waals surface area contributed by atoms with Gasteiger partial charge >= 0.3 is 11.8 Å². The topological polar surface area (TPSA) is 128 Å². The zero-order valence-corrected chi connectivity index (χ0v) is 22.4. The minimum absolute atomic E-state index is 0.0696. The number of hydrogen-bond acceptors (Lipinski definition) is 6. The third kappa shape index (κ3) is 6.08. The summed E-state index contributed by atoms with van der Waals surface area (Å²) < 4.78 is 10.7. The van der Waals surface area contributed by atoms with Crippen LogP contribution in [0.4, 0.5) is 4.79 Å². The van der Waals surface area contributed by atoms with Crippen molar-refractivity contribution in [2.75, 3.05) is 0 Å². The number of nitrogens with zero attached hydrogens (tertiary/aromatic N) is 2. The predicted molar refractivity (Wildman–Crippen MR) is 143 cm³/mol. The van der Waals surface area contributed by atoms with Crippen LogP contribution in [0, 0.1) is 17.2 Å². The molecule has 3 aromatic rings. The minimum atomic E-state index is -0.759. The van der Waals surface area contributed by atoms with Gasteiger partial charge in [-0.05, 0) is 75.3 Å². The van der Waals surface area contributed by atoms with E-state index < -0.39 is 29.5 Å². The van der Waals surface area contributed by atoms with Gasteiger partial charge in [0, 0.05) is 12.5 Å². The van der Waals surface area contributed by atoms with Gasteiger partial charge in [0.25, 0.3) is 0 Å². The van der Waals surface area contributed by atoms with Crippen molar-refractivity contribution in [3.8, 4) is 17.2 Å². The Morgan fingerprint density at radius 3 is 2.50 bits per heavy atom. The van der Waals surface area contributed by atoms with Crippen molar-refractivity contribution in [3.63, 3.8) is 0 Å². The Kier molecular flexibility index (Phi) is 7.63. The number of likely N-dealkylation sites (tertiary alicyclic amines) is 1. The molecule has 2 amide bonds. The molecule has 0 radical (unpaired) electrons. The number of rotatable bonds is 5. The summed E-state index contributed by atoms with van der Waals surface area (Å²) in [6, 6.07) is 13.7. The lowest BCUT2D eigenvalue weighted by atomic mass is 9.86. The Bertz CT molecular complexity index is 1410. The van der Waals surface area contributed by atoms with Crippen LogP contribution in [0.25, 0.3) is 22.2 Å². The lowest BCUT2D eigenvalue weighted by Crippen LogP contribution is -2.60. The first kappa shape index (κ1) is 27.0. The molecular formula is C29H34N4O5. The zero-order valence-electron chi connectivity index (χ0n) is 22.4. The predicted octanol–water partition coefficient (Wildman–Crippen LogP) is 4.76. The first-order chi connectivity index (χ1) is 17.9. The van der Waals surface area contributed by atoms with Gasteiger partial charge in [-0.15, -0.1) is 0 Å². The normalized spacial score (nSPS) is 20.5. The van der Waals surface area contributed by atoms with Gasteiger partial charge in [-0.3, -0.25) is 14.7 Å². The Hall–Kier alpha value is -4.06. The summed E-state index contributed by atoms with van der Waals surface area (Å²) in [4.78, 5) is 42.0. The van der Waals surface area contributed by atoms with Crippen LogP contribution in [0.2, 0.25) is 0 Å². The molecule has 1 aliphatic rings. The molecule has 0 bridgehead atoms. The fraction of sp³-hybridized carbons (Fsp3) is 0.448. The molecule has 1 aromatic heterocycles. The highest BCUT2D eigenvalue weighted by Gasteiger charge is 2.42. The molecule has 38 heavy (non-hydrogen) atoms. The molecule has 200 valence electrons. The number of nitriles is 1. The molecule has 4 rings (SSSR count). The molecule has 0 aliphatic carbocycles. The number of H-pyrrole nitrogens is 1. The van der Waals surface area contributed by atoms with Gasteiger partial charge in [-0.2, -0.15) is 5.26 Å². The average Bonchev–Trinajstić information content (AvgIpc) is 3.23. The molecule has 4 atom stereocenters. The van der Waals surface area contributed by atoms with Gasteiger partial charge in [-0.25, -0.2) is 9.59 Å². The maximum absolute atomic E-state index is 13.4. The molecule has 2 N–H and O–H groups in total. The van der Waals surface area contributed by atoms with E-state index in [2.05, 4.69) is 16.4 Å². The molecule has 1 saturated heterocycles. The summed E-state index contributed by atoms with van der Waals surface area (Å²) in [6.45, 7) is 9.26. The van der Waals surface area contributed by atoms with E-state index in [1.807, 2.05) is 50.2 Å². The number of carbonyl (C=O) groups excluding carboxylic acids is 2. The van der Waals surface area contributed by atoms with E-state index in [4.69, 9.17) is 9.15 Å². The van der Waals surface area contributed by atoms with Crippen molar-refractivity contribution in [2.24, 2.45) is 5.92 Å². The summed E-state index contributed by atoms with van der Waals surface area (Å²) in [5.41, 5.74) is 3.17. The number of nitrogens with one attached hydrogen (secondary N) is 2. The van der Waals surface area contributed by atoms with E-state index in [-0.39, 0.29) is 17.9 Å². The number of benzene rings is 2. The monoisotopic (exact) mass is 518 g/mol. The maximum atomic E-state index is 13.4. The minimum Gasteiger partial charge on any atom is -0.444 e. The van der Waals surface area contributed by atoms with Gasteiger partial charge in [-0.1, -0.05) is 37.3 Å². The summed E-state index contributed by atoms with van der Waals surface area (Å²) in [5.74, 6) is -0.913. The first-order valence-corrected chi connectivity index (χ1v) is 12.9. The van der Waals surface area contributed by atoms with Crippen molar-refractivity contribution in [1.82, 2.24) is 15.2 Å². The van der Waals surface area contributed by atoms with Crippen molar-refractivity contribution < 1.29 is 18.7 Å². The number of aromatic nitrogens is 1. The Morgan fingerprint density at radius 1 is 1.16 bits per heavy atom. The highest BCUT2D eigenvalue weighted by atomic mass is 16.6. The largest absolute Gasteiger partial charge is 0.444 e. The smallest absolute Gasteiger partial charge is 0.417 e. The molecule has 9 heteroatoms. The Balaban J connectivity index is 1.46. The van der Waals surface area contributed by atoms with E-state index in [1.165, 1.54) is 4.90 Å². The van der Waals surface area contributed by atoms with Crippen molar-refractivity contribution in [2.45, 2.75) is 77.6 Å². The first-order valence-electron chi connectivity index (χ1n) is 12.9. The highest BCUT2D eigenvalue weighted by Crippen LogP contribution is 2.30. The molecular weight excluding hydrogens is 484 g/mol. The second kappa shape index (κ2) is 10.7. The molecule has 9 nitrogen and oxygen atoms in total. The molecule has 1 unspecified atom stereocenters. The van der Waals surface area contributed by atoms with Crippen LogP contribution >= 0.6 is 0 Å². The van der Waals surface area contributed by atoms with E-state index in [9.17, 15) is 19.6 Å². The SMILES string of the molecule is C[C@@H]1CC[C@H](C)N(C(=O)OC(C)(C)C)C1C(=O)N[C@H](C#N)Cc1ccc(-c2ccc3oc(=O)[nH]c3c2)cc1. The number of carbonyl (C=O) groups is 2. The fourth-order valence-electron chi connectivity index (χ4n) is 4.93. The highest BCUT2D eigenvalue weighted by molar-refractivity contribution is 5.87. The van der Waals surface area contributed by atoms with Gasteiger partial charge in [0.15, 0.2) is 5.58 Å². The van der Waals surface area contributed by atoms with E-state index in [0.717, 1.165) is 29.5 Å². The lowest BCUT2D eigenvalue weighted by molar-refractivity contribution is -0.131. The average molecular weight is 519 g/mol. The fourth-order valence-corrected chi connectivity index (χ4v) is 4.93. The van der Waals surface area contributed by atoms with Crippen LogP contribution in [0.3, 0.4) is 0 Å². The van der Waals surface area contributed by atoms with E-state index >= 15 is 0 Å². The van der Waals surface area contributed by atoms with Gasteiger partial charge < -0.3 is 14.5 Å².